The Morgan fingerprint density at radius 2 is 2.00 bits per heavy atom. The van der Waals surface area contributed by atoms with Crippen LogP contribution in [-0.2, 0) is 4.79 Å². The van der Waals surface area contributed by atoms with Gasteiger partial charge in [-0.3, -0.25) is 9.79 Å². The minimum absolute atomic E-state index is 0.0969. The van der Waals surface area contributed by atoms with Crippen molar-refractivity contribution in [2.45, 2.75) is 20.3 Å². The van der Waals surface area contributed by atoms with Crippen molar-refractivity contribution in [2.75, 3.05) is 49.5 Å². The van der Waals surface area contributed by atoms with E-state index in [1.54, 1.807) is 0 Å². The molecule has 1 amide bonds. The molecule has 1 aliphatic rings. The second-order valence-electron chi connectivity index (χ2n) is 7.18. The Balaban J connectivity index is 1.51. The van der Waals surface area contributed by atoms with Crippen molar-refractivity contribution in [1.29, 1.82) is 0 Å². The van der Waals surface area contributed by atoms with Gasteiger partial charge in [0, 0.05) is 45.3 Å². The molecule has 3 rings (SSSR count). The summed E-state index contributed by atoms with van der Waals surface area (Å²) >= 11 is 6.19. The van der Waals surface area contributed by atoms with E-state index in [4.69, 9.17) is 11.6 Å². The van der Waals surface area contributed by atoms with Gasteiger partial charge in [0.15, 0.2) is 5.96 Å². The SMILES string of the molecule is CCNC(=NCCC(=O)Nc1ccc(C)cc1Cl)N1CCN(c2ccccn2)CC1. The number of aromatic nitrogens is 1. The van der Waals surface area contributed by atoms with Gasteiger partial charge in [-0.15, -0.1) is 0 Å². The molecule has 1 saturated heterocycles. The lowest BCUT2D eigenvalue weighted by Gasteiger charge is -2.37. The summed E-state index contributed by atoms with van der Waals surface area (Å²) in [6.45, 7) is 8.68. The summed E-state index contributed by atoms with van der Waals surface area (Å²) in [6, 6.07) is 11.6. The normalized spacial score (nSPS) is 14.6. The van der Waals surface area contributed by atoms with Crippen molar-refractivity contribution < 1.29 is 4.79 Å². The number of nitrogens with one attached hydrogen (secondary N) is 2. The topological polar surface area (TPSA) is 72.9 Å². The van der Waals surface area contributed by atoms with Gasteiger partial charge in [0.2, 0.25) is 5.91 Å². The highest BCUT2D eigenvalue weighted by Gasteiger charge is 2.20. The highest BCUT2D eigenvalue weighted by Crippen LogP contribution is 2.22. The molecule has 7 nitrogen and oxygen atoms in total. The lowest BCUT2D eigenvalue weighted by atomic mass is 10.2. The summed E-state index contributed by atoms with van der Waals surface area (Å²) in [6.07, 6.45) is 2.12. The molecule has 0 saturated carbocycles. The lowest BCUT2D eigenvalue weighted by Crippen LogP contribution is -2.52. The molecule has 0 unspecified atom stereocenters. The van der Waals surface area contributed by atoms with Gasteiger partial charge >= 0.3 is 0 Å². The van der Waals surface area contributed by atoms with Crippen molar-refractivity contribution in [3.63, 3.8) is 0 Å². The molecule has 1 aromatic carbocycles. The van der Waals surface area contributed by atoms with Crippen LogP contribution < -0.4 is 15.5 Å². The first kappa shape index (κ1) is 21.9. The number of piperazine rings is 1. The fourth-order valence-corrected chi connectivity index (χ4v) is 3.59. The van der Waals surface area contributed by atoms with Gasteiger partial charge in [-0.1, -0.05) is 23.7 Å². The fraction of sp³-hybridized carbons (Fsp3) is 0.409. The van der Waals surface area contributed by atoms with Crippen molar-refractivity contribution in [1.82, 2.24) is 15.2 Å². The zero-order valence-corrected chi connectivity index (χ0v) is 18.3. The van der Waals surface area contributed by atoms with E-state index in [1.165, 1.54) is 0 Å². The predicted octanol–water partition coefficient (Wildman–Crippen LogP) is 3.16. The Morgan fingerprint density at radius 1 is 1.20 bits per heavy atom. The van der Waals surface area contributed by atoms with Gasteiger partial charge in [0.05, 0.1) is 17.3 Å². The Bertz CT molecular complexity index is 865. The molecule has 0 aliphatic carbocycles. The zero-order valence-electron chi connectivity index (χ0n) is 17.6. The van der Waals surface area contributed by atoms with Crippen LogP contribution in [0.2, 0.25) is 5.02 Å². The Labute approximate surface area is 183 Å². The zero-order chi connectivity index (χ0) is 21.3. The summed E-state index contributed by atoms with van der Waals surface area (Å²) in [5.41, 5.74) is 1.69. The molecule has 2 aromatic rings. The number of hydrogen-bond acceptors (Lipinski definition) is 4. The number of carbonyl (C=O) groups is 1. The molecule has 1 fully saturated rings. The smallest absolute Gasteiger partial charge is 0.226 e. The fourth-order valence-electron chi connectivity index (χ4n) is 3.31. The molecule has 0 bridgehead atoms. The van der Waals surface area contributed by atoms with Crippen molar-refractivity contribution >= 4 is 35.0 Å². The van der Waals surface area contributed by atoms with Gasteiger partial charge in [-0.05, 0) is 43.7 Å². The highest BCUT2D eigenvalue weighted by atomic mass is 35.5. The van der Waals surface area contributed by atoms with Crippen LogP contribution in [0.4, 0.5) is 11.5 Å². The van der Waals surface area contributed by atoms with E-state index >= 15 is 0 Å². The van der Waals surface area contributed by atoms with Gasteiger partial charge in [-0.25, -0.2) is 4.98 Å². The van der Waals surface area contributed by atoms with Crippen molar-refractivity contribution in [3.8, 4) is 0 Å². The number of halogens is 1. The quantitative estimate of drug-likeness (QED) is 0.546. The van der Waals surface area contributed by atoms with E-state index in [0.29, 0.717) is 23.7 Å². The number of carbonyl (C=O) groups excluding carboxylic acids is 1. The number of pyridine rings is 1. The number of amides is 1. The first-order valence-electron chi connectivity index (χ1n) is 10.3. The van der Waals surface area contributed by atoms with E-state index in [-0.39, 0.29) is 5.91 Å². The molecule has 2 N–H and O–H groups in total. The average Bonchev–Trinajstić information content (AvgIpc) is 2.76. The maximum absolute atomic E-state index is 12.3. The van der Waals surface area contributed by atoms with Gasteiger partial charge in [0.1, 0.15) is 5.82 Å². The maximum Gasteiger partial charge on any atom is 0.226 e. The van der Waals surface area contributed by atoms with Crippen LogP contribution in [0.1, 0.15) is 18.9 Å². The van der Waals surface area contributed by atoms with E-state index in [2.05, 4.69) is 30.4 Å². The molecule has 1 aliphatic heterocycles. The molecule has 30 heavy (non-hydrogen) atoms. The van der Waals surface area contributed by atoms with Crippen LogP contribution in [0.15, 0.2) is 47.6 Å². The second kappa shape index (κ2) is 10.8. The highest BCUT2D eigenvalue weighted by molar-refractivity contribution is 6.33. The molecule has 0 radical (unpaired) electrons. The average molecular weight is 429 g/mol. The Morgan fingerprint density at radius 3 is 2.67 bits per heavy atom. The third-order valence-corrected chi connectivity index (χ3v) is 5.20. The first-order valence-corrected chi connectivity index (χ1v) is 10.7. The summed E-state index contributed by atoms with van der Waals surface area (Å²) < 4.78 is 0. The molecule has 8 heteroatoms. The predicted molar refractivity (Wildman–Crippen MR) is 123 cm³/mol. The number of guanidine groups is 1. The first-order chi connectivity index (χ1) is 14.6. The number of aliphatic imine (C=N–C) groups is 1. The molecule has 0 spiro atoms. The third-order valence-electron chi connectivity index (χ3n) is 4.89. The molecular weight excluding hydrogens is 400 g/mol. The van der Waals surface area contributed by atoms with E-state index < -0.39 is 0 Å². The summed E-state index contributed by atoms with van der Waals surface area (Å²) in [4.78, 5) is 25.9. The largest absolute Gasteiger partial charge is 0.357 e. The van der Waals surface area contributed by atoms with Crippen LogP contribution in [0.5, 0.6) is 0 Å². The minimum Gasteiger partial charge on any atom is -0.357 e. The summed E-state index contributed by atoms with van der Waals surface area (Å²) in [5.74, 6) is 1.75. The summed E-state index contributed by atoms with van der Waals surface area (Å²) in [5, 5.41) is 6.74. The van der Waals surface area contributed by atoms with Crippen molar-refractivity contribution in [2.24, 2.45) is 4.99 Å². The second-order valence-corrected chi connectivity index (χ2v) is 7.59. The van der Waals surface area contributed by atoms with E-state index in [0.717, 1.165) is 50.1 Å². The van der Waals surface area contributed by atoms with E-state index in [9.17, 15) is 4.79 Å². The summed E-state index contributed by atoms with van der Waals surface area (Å²) in [7, 11) is 0. The lowest BCUT2D eigenvalue weighted by molar-refractivity contribution is -0.116. The number of anilines is 2. The molecule has 1 aromatic heterocycles. The van der Waals surface area contributed by atoms with E-state index in [1.807, 2.05) is 56.4 Å². The monoisotopic (exact) mass is 428 g/mol. The number of hydrogen-bond donors (Lipinski definition) is 2. The standard InChI is InChI=1S/C22H29ClN6O/c1-3-24-22(29-14-12-28(13-15-29)20-6-4-5-10-25-20)26-11-9-21(30)27-19-8-7-17(2)16-18(19)23/h4-8,10,16H,3,9,11-15H2,1-2H3,(H,24,26)(H,27,30). The van der Waals surface area contributed by atoms with Crippen molar-refractivity contribution in [3.05, 3.63) is 53.2 Å². The Hall–Kier alpha value is -2.80. The van der Waals surface area contributed by atoms with Crippen LogP contribution in [0.25, 0.3) is 0 Å². The van der Waals surface area contributed by atoms with Crippen LogP contribution in [-0.4, -0.2) is 61.0 Å². The number of nitrogens with zero attached hydrogens (tertiary/aromatic N) is 4. The number of benzene rings is 1. The van der Waals surface area contributed by atoms with Gasteiger partial charge in [0.25, 0.3) is 0 Å². The number of aryl methyl sites for hydroxylation is 1. The molecule has 160 valence electrons. The van der Waals surface area contributed by atoms with Crippen LogP contribution >= 0.6 is 11.6 Å². The Kier molecular flexibility index (Phi) is 7.90. The maximum atomic E-state index is 12.3. The van der Waals surface area contributed by atoms with Gasteiger partial charge in [-0.2, -0.15) is 0 Å². The van der Waals surface area contributed by atoms with Crippen LogP contribution in [0, 0.1) is 6.92 Å². The van der Waals surface area contributed by atoms with Crippen LogP contribution in [0.3, 0.4) is 0 Å². The van der Waals surface area contributed by atoms with Gasteiger partial charge < -0.3 is 20.4 Å². The minimum atomic E-state index is -0.0969. The molecular formula is C22H29ClN6O. The molecule has 2 heterocycles. The molecule has 0 atom stereocenters. The third kappa shape index (κ3) is 6.10. The number of rotatable bonds is 6.